The van der Waals surface area contributed by atoms with Gasteiger partial charge in [0.1, 0.15) is 5.76 Å². The van der Waals surface area contributed by atoms with E-state index in [2.05, 4.69) is 17.1 Å². The molecule has 6 heteroatoms. The predicted molar refractivity (Wildman–Crippen MR) is 124 cm³/mol. The van der Waals surface area contributed by atoms with Gasteiger partial charge >= 0.3 is 0 Å². The molecule has 0 aliphatic heterocycles. The molecule has 0 bridgehead atoms. The Labute approximate surface area is 191 Å². The fraction of sp³-hybridized carbons (Fsp3) is 0.538. The second-order valence-corrected chi connectivity index (χ2v) is 9.59. The van der Waals surface area contributed by atoms with E-state index < -0.39 is 0 Å². The first-order chi connectivity index (χ1) is 15.5. The molecule has 0 unspecified atom stereocenters. The Balaban J connectivity index is 1.38. The summed E-state index contributed by atoms with van der Waals surface area (Å²) >= 11 is 0. The highest BCUT2D eigenvalue weighted by molar-refractivity contribution is 5.94. The second-order valence-electron chi connectivity index (χ2n) is 9.59. The largest absolute Gasteiger partial charge is 0.468 e. The van der Waals surface area contributed by atoms with Crippen molar-refractivity contribution < 1.29 is 14.0 Å². The fourth-order valence-electron chi connectivity index (χ4n) is 4.44. The lowest BCUT2D eigenvalue weighted by molar-refractivity contribution is -0.134. The van der Waals surface area contributed by atoms with Gasteiger partial charge in [-0.3, -0.25) is 14.5 Å². The van der Waals surface area contributed by atoms with Gasteiger partial charge in [0, 0.05) is 31.2 Å². The molecule has 1 N–H and O–H groups in total. The van der Waals surface area contributed by atoms with Gasteiger partial charge in [-0.05, 0) is 74.3 Å². The molecule has 2 saturated carbocycles. The summed E-state index contributed by atoms with van der Waals surface area (Å²) in [6.07, 6.45) is 8.38. The van der Waals surface area contributed by atoms with Crippen molar-refractivity contribution >= 4 is 11.8 Å². The third kappa shape index (κ3) is 6.22. The Hall–Kier alpha value is -2.60. The van der Waals surface area contributed by atoms with Crippen molar-refractivity contribution in [2.75, 3.05) is 13.6 Å². The molecule has 4 rings (SSSR count). The number of carbonyl (C=O) groups excluding carboxylic acids is 2. The molecule has 2 fully saturated rings. The topological polar surface area (TPSA) is 65.8 Å². The number of furan rings is 1. The van der Waals surface area contributed by atoms with Crippen LogP contribution in [-0.2, 0) is 17.9 Å². The van der Waals surface area contributed by atoms with Crippen LogP contribution in [0.15, 0.2) is 47.1 Å². The highest BCUT2D eigenvalue weighted by Crippen LogP contribution is 2.26. The van der Waals surface area contributed by atoms with Crippen LogP contribution in [0.25, 0.3) is 0 Å². The van der Waals surface area contributed by atoms with Crippen LogP contribution in [0.4, 0.5) is 0 Å². The summed E-state index contributed by atoms with van der Waals surface area (Å²) in [5.41, 5.74) is 1.75. The first-order valence-electron chi connectivity index (χ1n) is 11.9. The SMILES string of the molecule is CC1CCC(N(C)C(=O)CN(Cc2ccc(C(=O)NC3CC3)cc2)Cc2ccco2)CC1. The number of carbonyl (C=O) groups is 2. The minimum Gasteiger partial charge on any atom is -0.468 e. The molecule has 6 nitrogen and oxygen atoms in total. The number of nitrogens with one attached hydrogen (secondary N) is 1. The van der Waals surface area contributed by atoms with Gasteiger partial charge in [-0.1, -0.05) is 19.1 Å². The lowest BCUT2D eigenvalue weighted by Crippen LogP contribution is -2.44. The van der Waals surface area contributed by atoms with E-state index in [-0.39, 0.29) is 11.8 Å². The summed E-state index contributed by atoms with van der Waals surface area (Å²) in [4.78, 5) is 29.4. The van der Waals surface area contributed by atoms with Gasteiger partial charge in [0.2, 0.25) is 5.91 Å². The minimum absolute atomic E-state index is 0.00917. The second kappa shape index (κ2) is 10.3. The molecule has 0 radical (unpaired) electrons. The maximum absolute atomic E-state index is 13.1. The molecule has 0 spiro atoms. The number of benzene rings is 1. The summed E-state index contributed by atoms with van der Waals surface area (Å²) in [6.45, 7) is 3.82. The third-order valence-corrected chi connectivity index (χ3v) is 6.78. The van der Waals surface area contributed by atoms with E-state index in [1.165, 1.54) is 12.8 Å². The average molecular weight is 438 g/mol. The molecule has 2 aliphatic carbocycles. The van der Waals surface area contributed by atoms with Crippen LogP contribution >= 0.6 is 0 Å². The van der Waals surface area contributed by atoms with Gasteiger partial charge in [-0.2, -0.15) is 0 Å². The molecule has 0 atom stereocenters. The maximum atomic E-state index is 13.1. The Kier molecular flexibility index (Phi) is 7.30. The van der Waals surface area contributed by atoms with Crippen molar-refractivity contribution in [3.63, 3.8) is 0 Å². The number of amides is 2. The molecule has 1 aromatic carbocycles. The van der Waals surface area contributed by atoms with Crippen LogP contribution in [0.3, 0.4) is 0 Å². The van der Waals surface area contributed by atoms with E-state index in [0.29, 0.717) is 37.3 Å². The Morgan fingerprint density at radius 1 is 1.00 bits per heavy atom. The quantitative estimate of drug-likeness (QED) is 0.638. The number of hydrogen-bond acceptors (Lipinski definition) is 4. The highest BCUT2D eigenvalue weighted by Gasteiger charge is 2.26. The maximum Gasteiger partial charge on any atom is 0.251 e. The molecule has 1 heterocycles. The fourth-order valence-corrected chi connectivity index (χ4v) is 4.44. The van der Waals surface area contributed by atoms with Gasteiger partial charge in [-0.15, -0.1) is 0 Å². The first kappa shape index (κ1) is 22.6. The monoisotopic (exact) mass is 437 g/mol. The van der Waals surface area contributed by atoms with Crippen LogP contribution in [0.2, 0.25) is 0 Å². The zero-order chi connectivity index (χ0) is 22.5. The molecule has 172 valence electrons. The van der Waals surface area contributed by atoms with Crippen molar-refractivity contribution in [2.45, 2.75) is 70.6 Å². The van der Waals surface area contributed by atoms with Crippen LogP contribution < -0.4 is 5.32 Å². The lowest BCUT2D eigenvalue weighted by atomic mass is 9.87. The molecule has 2 aromatic rings. The molecular weight excluding hydrogens is 402 g/mol. The molecule has 0 saturated heterocycles. The average Bonchev–Trinajstić information content (AvgIpc) is 3.46. The van der Waals surface area contributed by atoms with Crippen molar-refractivity contribution in [3.8, 4) is 0 Å². The predicted octanol–water partition coefficient (Wildman–Crippen LogP) is 4.21. The van der Waals surface area contributed by atoms with Gasteiger partial charge in [-0.25, -0.2) is 0 Å². The number of rotatable bonds is 9. The van der Waals surface area contributed by atoms with Crippen LogP contribution in [0, 0.1) is 5.92 Å². The summed E-state index contributed by atoms with van der Waals surface area (Å²) < 4.78 is 5.55. The summed E-state index contributed by atoms with van der Waals surface area (Å²) in [6, 6.07) is 12.2. The molecular formula is C26H35N3O3. The standard InChI is InChI=1S/C26H35N3O3/c1-19-5-13-23(14-6-19)28(2)25(30)18-29(17-24-4-3-15-32-24)16-20-7-9-21(10-8-20)26(31)27-22-11-12-22/h3-4,7-10,15,19,22-23H,5-6,11-14,16-18H2,1-2H3,(H,27,31). The number of hydrogen-bond donors (Lipinski definition) is 1. The van der Waals surface area contributed by atoms with E-state index in [4.69, 9.17) is 4.42 Å². The van der Waals surface area contributed by atoms with Gasteiger partial charge in [0.25, 0.3) is 5.91 Å². The molecule has 32 heavy (non-hydrogen) atoms. The number of likely N-dealkylation sites (N-methyl/N-ethyl adjacent to an activating group) is 1. The van der Waals surface area contributed by atoms with Crippen molar-refractivity contribution in [1.29, 1.82) is 0 Å². The van der Waals surface area contributed by atoms with Gasteiger partial charge < -0.3 is 14.6 Å². The van der Waals surface area contributed by atoms with Crippen molar-refractivity contribution in [3.05, 3.63) is 59.5 Å². The van der Waals surface area contributed by atoms with Crippen molar-refractivity contribution in [1.82, 2.24) is 15.1 Å². The van der Waals surface area contributed by atoms with Crippen LogP contribution in [0.5, 0.6) is 0 Å². The van der Waals surface area contributed by atoms with Crippen LogP contribution in [-0.4, -0.2) is 47.3 Å². The molecule has 2 amide bonds. The molecule has 2 aliphatic rings. The van der Waals surface area contributed by atoms with E-state index in [1.54, 1.807) is 6.26 Å². The highest BCUT2D eigenvalue weighted by atomic mass is 16.3. The smallest absolute Gasteiger partial charge is 0.251 e. The Morgan fingerprint density at radius 3 is 2.34 bits per heavy atom. The minimum atomic E-state index is -0.00917. The normalized spacial score (nSPS) is 20.8. The summed E-state index contributed by atoms with van der Waals surface area (Å²) in [5, 5.41) is 3.02. The Bertz CT molecular complexity index is 882. The molecule has 1 aromatic heterocycles. The Morgan fingerprint density at radius 2 is 1.72 bits per heavy atom. The zero-order valence-electron chi connectivity index (χ0n) is 19.3. The lowest BCUT2D eigenvalue weighted by Gasteiger charge is -2.35. The van der Waals surface area contributed by atoms with E-state index >= 15 is 0 Å². The van der Waals surface area contributed by atoms with Crippen molar-refractivity contribution in [2.24, 2.45) is 5.92 Å². The third-order valence-electron chi connectivity index (χ3n) is 6.78. The van der Waals surface area contributed by atoms with E-state index in [9.17, 15) is 9.59 Å². The number of nitrogens with zero attached hydrogens (tertiary/aromatic N) is 2. The van der Waals surface area contributed by atoms with Crippen LogP contribution in [0.1, 0.15) is 67.1 Å². The zero-order valence-corrected chi connectivity index (χ0v) is 19.3. The summed E-state index contributed by atoms with van der Waals surface area (Å²) in [5.74, 6) is 1.74. The van der Waals surface area contributed by atoms with E-state index in [1.807, 2.05) is 48.3 Å². The first-order valence-corrected chi connectivity index (χ1v) is 11.9. The van der Waals surface area contributed by atoms with Gasteiger partial charge in [0.05, 0.1) is 19.4 Å². The van der Waals surface area contributed by atoms with E-state index in [0.717, 1.165) is 42.9 Å². The summed E-state index contributed by atoms with van der Waals surface area (Å²) in [7, 11) is 1.95. The van der Waals surface area contributed by atoms with Gasteiger partial charge in [0.15, 0.2) is 0 Å².